The standard InChI is InChI=1S/C12H18F2N2/c1-10(15)8-16(2)9-12(13,14)11-6-4-3-5-7-11/h3-7,10H,8-9,15H2,1-2H3. The van der Waals surface area contributed by atoms with Crippen molar-refractivity contribution >= 4 is 0 Å². The number of halogens is 2. The Balaban J connectivity index is 2.65. The second-order valence-corrected chi connectivity index (χ2v) is 4.24. The molecule has 0 saturated carbocycles. The molecule has 0 aliphatic heterocycles. The van der Waals surface area contributed by atoms with Crippen molar-refractivity contribution in [2.24, 2.45) is 5.73 Å². The summed E-state index contributed by atoms with van der Waals surface area (Å²) in [6.45, 7) is 1.96. The summed E-state index contributed by atoms with van der Waals surface area (Å²) in [4.78, 5) is 1.55. The van der Waals surface area contributed by atoms with Crippen molar-refractivity contribution in [3.8, 4) is 0 Å². The molecule has 90 valence electrons. The molecule has 0 spiro atoms. The highest BCUT2D eigenvalue weighted by atomic mass is 19.3. The van der Waals surface area contributed by atoms with Crippen LogP contribution in [0, 0.1) is 0 Å². The third-order valence-corrected chi connectivity index (χ3v) is 2.26. The molecular weight excluding hydrogens is 210 g/mol. The summed E-state index contributed by atoms with van der Waals surface area (Å²) < 4.78 is 27.5. The van der Waals surface area contributed by atoms with Crippen LogP contribution in [-0.2, 0) is 5.92 Å². The van der Waals surface area contributed by atoms with E-state index in [1.54, 1.807) is 37.1 Å². The van der Waals surface area contributed by atoms with E-state index in [9.17, 15) is 8.78 Å². The van der Waals surface area contributed by atoms with Crippen molar-refractivity contribution in [1.29, 1.82) is 0 Å². The van der Waals surface area contributed by atoms with Crippen LogP contribution in [0.3, 0.4) is 0 Å². The van der Waals surface area contributed by atoms with Crippen LogP contribution >= 0.6 is 0 Å². The van der Waals surface area contributed by atoms with E-state index in [1.807, 2.05) is 0 Å². The van der Waals surface area contributed by atoms with Gasteiger partial charge >= 0.3 is 0 Å². The van der Waals surface area contributed by atoms with Gasteiger partial charge < -0.3 is 5.73 Å². The highest BCUT2D eigenvalue weighted by Gasteiger charge is 2.32. The monoisotopic (exact) mass is 228 g/mol. The van der Waals surface area contributed by atoms with Gasteiger partial charge in [0.2, 0.25) is 0 Å². The van der Waals surface area contributed by atoms with Crippen molar-refractivity contribution in [3.63, 3.8) is 0 Å². The molecule has 1 rings (SSSR count). The highest BCUT2D eigenvalue weighted by Crippen LogP contribution is 2.28. The predicted octanol–water partition coefficient (Wildman–Crippen LogP) is 2.06. The van der Waals surface area contributed by atoms with E-state index >= 15 is 0 Å². The smallest absolute Gasteiger partial charge is 0.285 e. The molecule has 0 heterocycles. The predicted molar refractivity (Wildman–Crippen MR) is 61.5 cm³/mol. The molecule has 4 heteroatoms. The second-order valence-electron chi connectivity index (χ2n) is 4.24. The fraction of sp³-hybridized carbons (Fsp3) is 0.500. The number of alkyl halides is 2. The molecule has 0 bridgehead atoms. The first kappa shape index (κ1) is 13.1. The van der Waals surface area contributed by atoms with Crippen molar-refractivity contribution in [3.05, 3.63) is 35.9 Å². The molecule has 0 saturated heterocycles. The van der Waals surface area contributed by atoms with E-state index in [0.717, 1.165) is 0 Å². The van der Waals surface area contributed by atoms with Gasteiger partial charge in [-0.25, -0.2) is 0 Å². The van der Waals surface area contributed by atoms with Crippen LogP contribution in [0.2, 0.25) is 0 Å². The number of hydrogen-bond acceptors (Lipinski definition) is 2. The van der Waals surface area contributed by atoms with Gasteiger partial charge in [-0.1, -0.05) is 30.3 Å². The molecule has 1 aromatic rings. The first-order valence-electron chi connectivity index (χ1n) is 5.29. The summed E-state index contributed by atoms with van der Waals surface area (Å²) in [7, 11) is 1.65. The van der Waals surface area contributed by atoms with Gasteiger partial charge in [0.05, 0.1) is 6.54 Å². The largest absolute Gasteiger partial charge is 0.327 e. The van der Waals surface area contributed by atoms with Crippen LogP contribution in [0.1, 0.15) is 12.5 Å². The lowest BCUT2D eigenvalue weighted by molar-refractivity contribution is -0.0327. The van der Waals surface area contributed by atoms with E-state index in [-0.39, 0.29) is 18.2 Å². The summed E-state index contributed by atoms with van der Waals surface area (Å²) in [6, 6.07) is 7.76. The zero-order chi connectivity index (χ0) is 12.2. The van der Waals surface area contributed by atoms with Crippen molar-refractivity contribution in [2.75, 3.05) is 20.1 Å². The SMILES string of the molecule is CC(N)CN(C)CC(F)(F)c1ccccc1. The van der Waals surface area contributed by atoms with Gasteiger partial charge in [0.15, 0.2) is 0 Å². The second kappa shape index (κ2) is 5.37. The number of benzene rings is 1. The minimum Gasteiger partial charge on any atom is -0.327 e. The third kappa shape index (κ3) is 3.87. The van der Waals surface area contributed by atoms with Crippen LogP contribution in [-0.4, -0.2) is 31.1 Å². The summed E-state index contributed by atoms with van der Waals surface area (Å²) in [5.41, 5.74) is 5.61. The van der Waals surface area contributed by atoms with Gasteiger partial charge in [-0.05, 0) is 14.0 Å². The van der Waals surface area contributed by atoms with Crippen LogP contribution < -0.4 is 5.73 Å². The fourth-order valence-corrected chi connectivity index (χ4v) is 1.67. The molecule has 2 N–H and O–H groups in total. The van der Waals surface area contributed by atoms with Gasteiger partial charge in [-0.2, -0.15) is 8.78 Å². The average molecular weight is 228 g/mol. The minimum atomic E-state index is -2.83. The minimum absolute atomic E-state index is 0.0477. The van der Waals surface area contributed by atoms with E-state index in [2.05, 4.69) is 0 Å². The maximum Gasteiger partial charge on any atom is 0.285 e. The molecule has 1 aromatic carbocycles. The van der Waals surface area contributed by atoms with E-state index in [4.69, 9.17) is 5.73 Å². The van der Waals surface area contributed by atoms with Crippen molar-refractivity contribution in [2.45, 2.75) is 18.9 Å². The number of nitrogens with two attached hydrogens (primary N) is 1. The van der Waals surface area contributed by atoms with Gasteiger partial charge in [0.25, 0.3) is 5.92 Å². The first-order valence-corrected chi connectivity index (χ1v) is 5.29. The number of nitrogens with zero attached hydrogens (tertiary/aromatic N) is 1. The molecule has 0 fully saturated rings. The van der Waals surface area contributed by atoms with Crippen molar-refractivity contribution < 1.29 is 8.78 Å². The number of rotatable bonds is 5. The van der Waals surface area contributed by atoms with E-state index in [1.165, 1.54) is 12.1 Å². The van der Waals surface area contributed by atoms with Gasteiger partial charge in [0.1, 0.15) is 0 Å². The average Bonchev–Trinajstić information content (AvgIpc) is 2.16. The zero-order valence-corrected chi connectivity index (χ0v) is 9.66. The lowest BCUT2D eigenvalue weighted by Gasteiger charge is -2.25. The van der Waals surface area contributed by atoms with Gasteiger partial charge in [0, 0.05) is 18.2 Å². The molecular formula is C12H18F2N2. The quantitative estimate of drug-likeness (QED) is 0.835. The maximum atomic E-state index is 13.8. The Morgan fingerprint density at radius 2 is 1.88 bits per heavy atom. The topological polar surface area (TPSA) is 29.3 Å². The molecule has 0 aliphatic carbocycles. The third-order valence-electron chi connectivity index (χ3n) is 2.26. The number of likely N-dealkylation sites (N-methyl/N-ethyl adjacent to an activating group) is 1. The Hall–Kier alpha value is -1.00. The molecule has 0 aromatic heterocycles. The maximum absolute atomic E-state index is 13.8. The van der Waals surface area contributed by atoms with Gasteiger partial charge in [-0.15, -0.1) is 0 Å². The normalized spacial score (nSPS) is 14.1. The summed E-state index contributed by atoms with van der Waals surface area (Å²) >= 11 is 0. The zero-order valence-electron chi connectivity index (χ0n) is 9.66. The molecule has 0 radical (unpaired) electrons. The van der Waals surface area contributed by atoms with Crippen LogP contribution in [0.15, 0.2) is 30.3 Å². The van der Waals surface area contributed by atoms with Crippen molar-refractivity contribution in [1.82, 2.24) is 4.90 Å². The van der Waals surface area contributed by atoms with Crippen LogP contribution in [0.5, 0.6) is 0 Å². The Morgan fingerprint density at radius 3 is 2.38 bits per heavy atom. The molecule has 0 amide bonds. The Bertz CT molecular complexity index is 312. The lowest BCUT2D eigenvalue weighted by atomic mass is 10.1. The molecule has 1 unspecified atom stereocenters. The van der Waals surface area contributed by atoms with Crippen LogP contribution in [0.4, 0.5) is 8.78 Å². The molecule has 2 nitrogen and oxygen atoms in total. The van der Waals surface area contributed by atoms with Crippen LogP contribution in [0.25, 0.3) is 0 Å². The lowest BCUT2D eigenvalue weighted by Crippen LogP contribution is -2.39. The molecule has 0 aliphatic rings. The Kier molecular flexibility index (Phi) is 4.38. The Morgan fingerprint density at radius 1 is 1.31 bits per heavy atom. The highest BCUT2D eigenvalue weighted by molar-refractivity contribution is 5.20. The number of hydrogen-bond donors (Lipinski definition) is 1. The van der Waals surface area contributed by atoms with Gasteiger partial charge in [-0.3, -0.25) is 4.90 Å². The fourth-order valence-electron chi connectivity index (χ4n) is 1.67. The molecule has 16 heavy (non-hydrogen) atoms. The molecule has 1 atom stereocenters. The Labute approximate surface area is 95.1 Å². The van der Waals surface area contributed by atoms with E-state index < -0.39 is 5.92 Å². The summed E-state index contributed by atoms with van der Waals surface area (Å²) in [6.07, 6.45) is 0. The van der Waals surface area contributed by atoms with E-state index in [0.29, 0.717) is 6.54 Å². The summed E-state index contributed by atoms with van der Waals surface area (Å²) in [5, 5.41) is 0. The summed E-state index contributed by atoms with van der Waals surface area (Å²) in [5.74, 6) is -2.83. The first-order chi connectivity index (χ1) is 7.42.